The Bertz CT molecular complexity index is 450. The van der Waals surface area contributed by atoms with Crippen molar-refractivity contribution in [2.75, 3.05) is 32.7 Å². The minimum atomic E-state index is -0.107. The van der Waals surface area contributed by atoms with Gasteiger partial charge in [0.25, 0.3) is 0 Å². The molecular formula is C13H21N5O. The average Bonchev–Trinajstić information content (AvgIpc) is 2.94. The Morgan fingerprint density at radius 2 is 2.21 bits per heavy atom. The Kier molecular flexibility index (Phi) is 3.52. The highest BCUT2D eigenvalue weighted by atomic mass is 16.2. The van der Waals surface area contributed by atoms with Gasteiger partial charge in [0, 0.05) is 39.1 Å². The van der Waals surface area contributed by atoms with E-state index in [4.69, 9.17) is 0 Å². The van der Waals surface area contributed by atoms with E-state index in [0.717, 1.165) is 44.1 Å². The molecule has 6 heteroatoms. The number of hydrogen-bond donors (Lipinski definition) is 2. The van der Waals surface area contributed by atoms with Crippen LogP contribution in [0.15, 0.2) is 6.33 Å². The van der Waals surface area contributed by atoms with Crippen molar-refractivity contribution in [1.82, 2.24) is 25.1 Å². The third-order valence-corrected chi connectivity index (χ3v) is 4.16. The number of likely N-dealkylation sites (N-methyl/N-ethyl adjacent to an activating group) is 1. The number of nitrogens with one attached hydrogen (secondary N) is 2. The molecule has 0 radical (unpaired) electrons. The molecule has 1 atom stereocenters. The van der Waals surface area contributed by atoms with Crippen molar-refractivity contribution in [3.63, 3.8) is 0 Å². The Hall–Kier alpha value is -1.40. The lowest BCUT2D eigenvalue weighted by atomic mass is 10.0. The van der Waals surface area contributed by atoms with Gasteiger partial charge in [0.15, 0.2) is 0 Å². The molecule has 19 heavy (non-hydrogen) atoms. The quantitative estimate of drug-likeness (QED) is 0.761. The van der Waals surface area contributed by atoms with Crippen molar-refractivity contribution < 1.29 is 4.79 Å². The van der Waals surface area contributed by atoms with Crippen LogP contribution in [0.2, 0.25) is 0 Å². The Balaban J connectivity index is 1.60. The number of aromatic amines is 1. The molecule has 6 nitrogen and oxygen atoms in total. The maximum atomic E-state index is 12.5. The van der Waals surface area contributed by atoms with Crippen molar-refractivity contribution in [2.45, 2.75) is 25.9 Å². The molecule has 0 saturated carbocycles. The van der Waals surface area contributed by atoms with Crippen molar-refractivity contribution in [3.05, 3.63) is 17.7 Å². The smallest absolute Gasteiger partial charge is 0.240 e. The standard InChI is InChI=1S/C13H21N5O/c1-2-17-3-5-18(6-4-17)13(19)11-7-10-12(8-14-11)16-9-15-10/h9,11,14H,2-8H2,1H3,(H,15,16). The monoisotopic (exact) mass is 263 g/mol. The van der Waals surface area contributed by atoms with Gasteiger partial charge in [0.05, 0.1) is 23.8 Å². The lowest BCUT2D eigenvalue weighted by Crippen LogP contribution is -2.55. The Morgan fingerprint density at radius 1 is 1.42 bits per heavy atom. The maximum absolute atomic E-state index is 12.5. The highest BCUT2D eigenvalue weighted by molar-refractivity contribution is 5.82. The summed E-state index contributed by atoms with van der Waals surface area (Å²) in [6.07, 6.45) is 2.41. The molecule has 104 valence electrons. The number of amides is 1. The van der Waals surface area contributed by atoms with Gasteiger partial charge < -0.3 is 14.8 Å². The molecule has 1 unspecified atom stereocenters. The van der Waals surface area contributed by atoms with Crippen molar-refractivity contribution in [3.8, 4) is 0 Å². The van der Waals surface area contributed by atoms with Crippen LogP contribution < -0.4 is 5.32 Å². The summed E-state index contributed by atoms with van der Waals surface area (Å²) in [6, 6.07) is -0.107. The van der Waals surface area contributed by atoms with E-state index in [1.807, 2.05) is 4.90 Å². The molecule has 0 aromatic carbocycles. The zero-order valence-corrected chi connectivity index (χ0v) is 11.4. The lowest BCUT2D eigenvalue weighted by molar-refractivity contribution is -0.135. The van der Waals surface area contributed by atoms with E-state index in [9.17, 15) is 4.79 Å². The molecule has 1 amide bonds. The van der Waals surface area contributed by atoms with Crippen LogP contribution in [-0.4, -0.2) is 64.4 Å². The van der Waals surface area contributed by atoms with Gasteiger partial charge in [-0.1, -0.05) is 6.92 Å². The highest BCUT2D eigenvalue weighted by Crippen LogP contribution is 2.14. The van der Waals surface area contributed by atoms with Crippen molar-refractivity contribution in [2.24, 2.45) is 0 Å². The summed E-state index contributed by atoms with van der Waals surface area (Å²) in [5.41, 5.74) is 2.14. The molecule has 1 aromatic rings. The molecule has 1 aromatic heterocycles. The molecule has 3 heterocycles. The summed E-state index contributed by atoms with van der Waals surface area (Å²) in [7, 11) is 0. The predicted octanol–water partition coefficient (Wildman–Crippen LogP) is -0.412. The topological polar surface area (TPSA) is 64.3 Å². The summed E-state index contributed by atoms with van der Waals surface area (Å²) in [6.45, 7) is 7.61. The number of piperazine rings is 1. The summed E-state index contributed by atoms with van der Waals surface area (Å²) >= 11 is 0. The van der Waals surface area contributed by atoms with Gasteiger partial charge in [-0.15, -0.1) is 0 Å². The fourth-order valence-electron chi connectivity index (χ4n) is 2.85. The second-order valence-electron chi connectivity index (χ2n) is 5.22. The van der Waals surface area contributed by atoms with E-state index in [1.54, 1.807) is 6.33 Å². The Morgan fingerprint density at radius 3 is 2.95 bits per heavy atom. The van der Waals surface area contributed by atoms with Gasteiger partial charge in [-0.05, 0) is 6.54 Å². The average molecular weight is 263 g/mol. The van der Waals surface area contributed by atoms with E-state index < -0.39 is 0 Å². The van der Waals surface area contributed by atoms with Crippen LogP contribution >= 0.6 is 0 Å². The fourth-order valence-corrected chi connectivity index (χ4v) is 2.85. The second-order valence-corrected chi connectivity index (χ2v) is 5.22. The van der Waals surface area contributed by atoms with Crippen LogP contribution in [0, 0.1) is 0 Å². The fraction of sp³-hybridized carbons (Fsp3) is 0.692. The summed E-state index contributed by atoms with van der Waals surface area (Å²) < 4.78 is 0. The number of H-pyrrole nitrogens is 1. The third kappa shape index (κ3) is 2.50. The van der Waals surface area contributed by atoms with E-state index >= 15 is 0 Å². The van der Waals surface area contributed by atoms with E-state index in [-0.39, 0.29) is 11.9 Å². The third-order valence-electron chi connectivity index (χ3n) is 4.16. The lowest BCUT2D eigenvalue weighted by Gasteiger charge is -2.36. The molecule has 2 aliphatic rings. The molecule has 0 aliphatic carbocycles. The SMILES string of the molecule is CCN1CCN(C(=O)C2Cc3nc[nH]c3CN2)CC1. The predicted molar refractivity (Wildman–Crippen MR) is 71.6 cm³/mol. The van der Waals surface area contributed by atoms with Crippen LogP contribution in [0.4, 0.5) is 0 Å². The summed E-state index contributed by atoms with van der Waals surface area (Å²) in [5.74, 6) is 0.226. The first-order valence-corrected chi connectivity index (χ1v) is 7.03. The number of nitrogens with zero attached hydrogens (tertiary/aromatic N) is 3. The largest absolute Gasteiger partial charge is 0.347 e. The summed E-state index contributed by atoms with van der Waals surface area (Å²) in [5, 5.41) is 3.31. The maximum Gasteiger partial charge on any atom is 0.240 e. The zero-order chi connectivity index (χ0) is 13.2. The zero-order valence-electron chi connectivity index (χ0n) is 11.4. The number of carbonyl (C=O) groups is 1. The minimum absolute atomic E-state index is 0.107. The number of fused-ring (bicyclic) bond motifs is 1. The van der Waals surface area contributed by atoms with Crippen LogP contribution in [0.5, 0.6) is 0 Å². The van der Waals surface area contributed by atoms with Crippen LogP contribution in [0.25, 0.3) is 0 Å². The first-order chi connectivity index (χ1) is 9.28. The van der Waals surface area contributed by atoms with Gasteiger partial charge in [-0.25, -0.2) is 4.98 Å². The number of aromatic nitrogens is 2. The Labute approximate surface area is 113 Å². The molecule has 2 aliphatic heterocycles. The van der Waals surface area contributed by atoms with Gasteiger partial charge >= 0.3 is 0 Å². The highest BCUT2D eigenvalue weighted by Gasteiger charge is 2.30. The minimum Gasteiger partial charge on any atom is -0.347 e. The molecule has 0 bridgehead atoms. The van der Waals surface area contributed by atoms with E-state index in [0.29, 0.717) is 13.0 Å². The molecule has 3 rings (SSSR count). The van der Waals surface area contributed by atoms with Gasteiger partial charge in [-0.2, -0.15) is 0 Å². The van der Waals surface area contributed by atoms with Gasteiger partial charge in [-0.3, -0.25) is 10.1 Å². The van der Waals surface area contributed by atoms with Gasteiger partial charge in [0.1, 0.15) is 0 Å². The van der Waals surface area contributed by atoms with Crippen LogP contribution in [0.3, 0.4) is 0 Å². The molecular weight excluding hydrogens is 242 g/mol. The first-order valence-electron chi connectivity index (χ1n) is 7.03. The molecule has 0 spiro atoms. The number of hydrogen-bond acceptors (Lipinski definition) is 4. The number of imidazole rings is 1. The van der Waals surface area contributed by atoms with Crippen LogP contribution in [-0.2, 0) is 17.8 Å². The van der Waals surface area contributed by atoms with Crippen molar-refractivity contribution in [1.29, 1.82) is 0 Å². The summed E-state index contributed by atoms with van der Waals surface area (Å²) in [4.78, 5) is 24.2. The molecule has 1 fully saturated rings. The molecule has 2 N–H and O–H groups in total. The second kappa shape index (κ2) is 5.30. The van der Waals surface area contributed by atoms with Gasteiger partial charge in [0.2, 0.25) is 5.91 Å². The van der Waals surface area contributed by atoms with E-state index in [1.165, 1.54) is 0 Å². The molecule has 1 saturated heterocycles. The van der Waals surface area contributed by atoms with Crippen LogP contribution in [0.1, 0.15) is 18.3 Å². The number of rotatable bonds is 2. The van der Waals surface area contributed by atoms with Crippen molar-refractivity contribution >= 4 is 5.91 Å². The first kappa shape index (κ1) is 12.6. The van der Waals surface area contributed by atoms with E-state index in [2.05, 4.69) is 27.1 Å². The number of carbonyl (C=O) groups excluding carboxylic acids is 1. The normalized spacial score (nSPS) is 24.3.